The zero-order valence-electron chi connectivity index (χ0n) is 15.7. The van der Waals surface area contributed by atoms with Gasteiger partial charge < -0.3 is 10.2 Å². The number of nitrogens with zero attached hydrogens (tertiary/aromatic N) is 2. The molecule has 2 amide bonds. The lowest BCUT2D eigenvalue weighted by atomic mass is 9.99. The van der Waals surface area contributed by atoms with Crippen molar-refractivity contribution in [2.75, 3.05) is 32.7 Å². The number of hydrogen-bond acceptors (Lipinski definition) is 3. The summed E-state index contributed by atoms with van der Waals surface area (Å²) >= 11 is 0. The van der Waals surface area contributed by atoms with E-state index in [0.29, 0.717) is 17.8 Å². The van der Waals surface area contributed by atoms with Crippen molar-refractivity contribution < 1.29 is 9.59 Å². The number of nitrogens with one attached hydrogen (secondary N) is 1. The van der Waals surface area contributed by atoms with E-state index in [2.05, 4.69) is 23.7 Å². The fourth-order valence-electron chi connectivity index (χ4n) is 3.68. The van der Waals surface area contributed by atoms with Gasteiger partial charge in [0, 0.05) is 23.4 Å². The molecule has 2 aliphatic rings. The minimum atomic E-state index is -0.139. The van der Waals surface area contributed by atoms with Gasteiger partial charge in [-0.25, -0.2) is 0 Å². The molecule has 0 radical (unpaired) electrons. The van der Waals surface area contributed by atoms with Crippen molar-refractivity contribution in [3.05, 3.63) is 42.0 Å². The molecule has 0 unspecified atom stereocenters. The van der Waals surface area contributed by atoms with Gasteiger partial charge >= 0.3 is 0 Å². The molecule has 2 aliphatic heterocycles. The molecule has 2 heterocycles. The molecule has 0 saturated carbocycles. The van der Waals surface area contributed by atoms with E-state index in [1.807, 2.05) is 18.2 Å². The highest BCUT2D eigenvalue weighted by atomic mass is 16.2. The third kappa shape index (κ3) is 4.33. The summed E-state index contributed by atoms with van der Waals surface area (Å²) in [5, 5.41) is 2.93. The summed E-state index contributed by atoms with van der Waals surface area (Å²) in [4.78, 5) is 28.6. The van der Waals surface area contributed by atoms with Crippen LogP contribution in [0.1, 0.15) is 48.5 Å². The number of rotatable bonds is 7. The molecule has 3 rings (SSSR count). The van der Waals surface area contributed by atoms with Crippen LogP contribution in [0, 0.1) is 5.92 Å². The Morgan fingerprint density at radius 3 is 2.58 bits per heavy atom. The second kappa shape index (κ2) is 8.49. The van der Waals surface area contributed by atoms with E-state index in [0.717, 1.165) is 30.9 Å². The minimum absolute atomic E-state index is 0.0381. The Bertz CT molecular complexity index is 643. The maximum Gasteiger partial charge on any atom is 0.259 e. The van der Waals surface area contributed by atoms with Gasteiger partial charge in [-0.3, -0.25) is 14.5 Å². The quantitative estimate of drug-likeness (QED) is 0.765. The van der Waals surface area contributed by atoms with Gasteiger partial charge in [0.1, 0.15) is 6.54 Å². The SMILES string of the molecule is C=C1c2ccccc2C(=O)N1CC(=O)NCCCCN1CCC(C)CC1. The Kier molecular flexibility index (Phi) is 6.09. The lowest BCUT2D eigenvalue weighted by molar-refractivity contribution is -0.121. The maximum atomic E-state index is 12.4. The van der Waals surface area contributed by atoms with E-state index in [4.69, 9.17) is 0 Å². The van der Waals surface area contributed by atoms with E-state index >= 15 is 0 Å². The summed E-state index contributed by atoms with van der Waals surface area (Å²) in [7, 11) is 0. The van der Waals surface area contributed by atoms with Gasteiger partial charge in [-0.1, -0.05) is 31.7 Å². The number of hydrogen-bond donors (Lipinski definition) is 1. The van der Waals surface area contributed by atoms with E-state index in [-0.39, 0.29) is 18.4 Å². The van der Waals surface area contributed by atoms with Crippen molar-refractivity contribution in [3.63, 3.8) is 0 Å². The summed E-state index contributed by atoms with van der Waals surface area (Å²) in [6, 6.07) is 7.36. The fourth-order valence-corrected chi connectivity index (χ4v) is 3.68. The highest BCUT2D eigenvalue weighted by molar-refractivity contribution is 6.10. The lowest BCUT2D eigenvalue weighted by Gasteiger charge is -2.30. The van der Waals surface area contributed by atoms with Gasteiger partial charge in [0.2, 0.25) is 5.91 Å². The monoisotopic (exact) mass is 355 g/mol. The third-order valence-corrected chi connectivity index (χ3v) is 5.44. The molecule has 1 fully saturated rings. The van der Waals surface area contributed by atoms with Crippen LogP contribution >= 0.6 is 0 Å². The molecular formula is C21H29N3O2. The highest BCUT2D eigenvalue weighted by Gasteiger charge is 2.31. The largest absolute Gasteiger partial charge is 0.355 e. The highest BCUT2D eigenvalue weighted by Crippen LogP contribution is 2.30. The van der Waals surface area contributed by atoms with E-state index in [1.54, 1.807) is 6.07 Å². The van der Waals surface area contributed by atoms with Crippen molar-refractivity contribution in [2.24, 2.45) is 5.92 Å². The topological polar surface area (TPSA) is 52.7 Å². The average Bonchev–Trinajstić information content (AvgIpc) is 2.88. The Labute approximate surface area is 156 Å². The average molecular weight is 355 g/mol. The van der Waals surface area contributed by atoms with Crippen LogP contribution in [0.25, 0.3) is 5.70 Å². The molecular weight excluding hydrogens is 326 g/mol. The normalized spacial score (nSPS) is 18.3. The second-order valence-electron chi connectivity index (χ2n) is 7.46. The van der Waals surface area contributed by atoms with Crippen molar-refractivity contribution in [3.8, 4) is 0 Å². The number of amides is 2. The van der Waals surface area contributed by atoms with Crippen molar-refractivity contribution in [1.82, 2.24) is 15.1 Å². The van der Waals surface area contributed by atoms with Crippen molar-refractivity contribution in [1.29, 1.82) is 0 Å². The maximum absolute atomic E-state index is 12.4. The molecule has 0 atom stereocenters. The molecule has 1 aromatic rings. The first kappa shape index (κ1) is 18.6. The molecule has 1 aromatic carbocycles. The van der Waals surface area contributed by atoms with Crippen LogP contribution in [-0.2, 0) is 4.79 Å². The molecule has 0 aromatic heterocycles. The zero-order chi connectivity index (χ0) is 18.5. The number of carbonyl (C=O) groups is 2. The first-order valence-electron chi connectivity index (χ1n) is 9.65. The Balaban J connectivity index is 1.35. The smallest absolute Gasteiger partial charge is 0.259 e. The van der Waals surface area contributed by atoms with Crippen molar-refractivity contribution in [2.45, 2.75) is 32.6 Å². The Morgan fingerprint density at radius 2 is 1.88 bits per heavy atom. The van der Waals surface area contributed by atoms with Gasteiger partial charge in [0.05, 0.1) is 0 Å². The van der Waals surface area contributed by atoms with Gasteiger partial charge in [0.25, 0.3) is 5.91 Å². The molecule has 5 heteroatoms. The third-order valence-electron chi connectivity index (χ3n) is 5.44. The molecule has 1 saturated heterocycles. The van der Waals surface area contributed by atoms with Crippen LogP contribution in [0.2, 0.25) is 0 Å². The fraction of sp³-hybridized carbons (Fsp3) is 0.524. The van der Waals surface area contributed by atoms with Gasteiger partial charge in [-0.2, -0.15) is 0 Å². The van der Waals surface area contributed by atoms with Gasteiger partial charge in [-0.15, -0.1) is 0 Å². The van der Waals surface area contributed by atoms with Crippen LogP contribution in [0.4, 0.5) is 0 Å². The number of unbranched alkanes of at least 4 members (excludes halogenated alkanes) is 1. The molecule has 5 nitrogen and oxygen atoms in total. The second-order valence-corrected chi connectivity index (χ2v) is 7.46. The van der Waals surface area contributed by atoms with Crippen LogP contribution in [0.3, 0.4) is 0 Å². The molecule has 1 N–H and O–H groups in total. The lowest BCUT2D eigenvalue weighted by Crippen LogP contribution is -2.37. The van der Waals surface area contributed by atoms with Crippen molar-refractivity contribution >= 4 is 17.5 Å². The summed E-state index contributed by atoms with van der Waals surface area (Å²) in [6.07, 6.45) is 4.65. The standard InChI is InChI=1S/C21H29N3O2/c1-16-9-13-23(14-10-16)12-6-5-11-22-20(25)15-24-17(2)18-7-3-4-8-19(18)21(24)26/h3-4,7-8,16H,2,5-6,9-15H2,1H3,(H,22,25). The zero-order valence-corrected chi connectivity index (χ0v) is 15.7. The van der Waals surface area contributed by atoms with Gasteiger partial charge in [0.15, 0.2) is 0 Å². The minimum Gasteiger partial charge on any atom is -0.355 e. The van der Waals surface area contributed by atoms with E-state index < -0.39 is 0 Å². The predicted octanol–water partition coefficient (Wildman–Crippen LogP) is 2.74. The molecule has 0 aliphatic carbocycles. The first-order valence-corrected chi connectivity index (χ1v) is 9.65. The van der Waals surface area contributed by atoms with Crippen LogP contribution < -0.4 is 5.32 Å². The molecule has 140 valence electrons. The number of benzene rings is 1. The number of likely N-dealkylation sites (tertiary alicyclic amines) is 1. The molecule has 0 bridgehead atoms. The predicted molar refractivity (Wildman–Crippen MR) is 104 cm³/mol. The van der Waals surface area contributed by atoms with Crippen LogP contribution in [0.15, 0.2) is 30.8 Å². The summed E-state index contributed by atoms with van der Waals surface area (Å²) < 4.78 is 0. The first-order chi connectivity index (χ1) is 12.6. The van der Waals surface area contributed by atoms with Gasteiger partial charge in [-0.05, 0) is 57.3 Å². The number of fused-ring (bicyclic) bond motifs is 1. The number of piperidine rings is 1. The summed E-state index contributed by atoms with van der Waals surface area (Å²) in [6.45, 7) is 10.5. The Morgan fingerprint density at radius 1 is 1.19 bits per heavy atom. The summed E-state index contributed by atoms with van der Waals surface area (Å²) in [5.41, 5.74) is 2.06. The Hall–Kier alpha value is -2.14. The van der Waals surface area contributed by atoms with E-state index in [9.17, 15) is 9.59 Å². The van der Waals surface area contributed by atoms with Crippen LogP contribution in [0.5, 0.6) is 0 Å². The number of carbonyl (C=O) groups excluding carboxylic acids is 2. The molecule has 0 spiro atoms. The molecule has 26 heavy (non-hydrogen) atoms. The van der Waals surface area contributed by atoms with Crippen LogP contribution in [-0.4, -0.2) is 54.3 Å². The van der Waals surface area contributed by atoms with E-state index in [1.165, 1.54) is 30.8 Å². The summed E-state index contributed by atoms with van der Waals surface area (Å²) in [5.74, 6) is 0.596.